The Morgan fingerprint density at radius 3 is 2.57 bits per heavy atom. The van der Waals surface area contributed by atoms with Gasteiger partial charge in [-0.2, -0.15) is 0 Å². The van der Waals surface area contributed by atoms with Crippen molar-refractivity contribution >= 4 is 33.7 Å². The zero-order valence-electron chi connectivity index (χ0n) is 32.5. The number of aromatic nitrogens is 2. The van der Waals surface area contributed by atoms with Crippen LogP contribution in [0.2, 0.25) is 0 Å². The number of likely N-dealkylation sites (N-methyl/N-ethyl adjacent to an activating group) is 1. The lowest BCUT2D eigenvalue weighted by Crippen LogP contribution is -2.63. The number of nitrogens with zero attached hydrogens (tertiary/aromatic N) is 2. The molecule has 4 bridgehead atoms. The minimum atomic E-state index is -1.17. The van der Waals surface area contributed by atoms with E-state index < -0.39 is 10.8 Å². The van der Waals surface area contributed by atoms with Gasteiger partial charge in [-0.05, 0) is 87.7 Å². The van der Waals surface area contributed by atoms with Gasteiger partial charge in [0.2, 0.25) is 0 Å². The first-order valence-electron chi connectivity index (χ1n) is 19.9. The number of methoxy groups -OCH3 is 3. The van der Waals surface area contributed by atoms with Crippen molar-refractivity contribution in [1.82, 2.24) is 19.8 Å². The lowest BCUT2D eigenvalue weighted by Gasteiger charge is -2.53. The number of hydrogen-bond donors (Lipinski definition) is 3. The summed E-state index contributed by atoms with van der Waals surface area (Å²) >= 11 is 0. The Labute approximate surface area is 317 Å². The third-order valence-electron chi connectivity index (χ3n) is 14.7. The first kappa shape index (κ1) is 35.6. The van der Waals surface area contributed by atoms with Crippen LogP contribution in [0.3, 0.4) is 0 Å². The van der Waals surface area contributed by atoms with E-state index in [0.29, 0.717) is 31.2 Å². The normalized spacial score (nSPS) is 32.5. The highest BCUT2D eigenvalue weighted by atomic mass is 16.5. The number of carbonyl (C=O) groups is 2. The van der Waals surface area contributed by atoms with Crippen LogP contribution in [0, 0.1) is 23.2 Å². The van der Waals surface area contributed by atoms with Crippen molar-refractivity contribution in [2.75, 3.05) is 48.1 Å². The van der Waals surface area contributed by atoms with E-state index >= 15 is 0 Å². The summed E-state index contributed by atoms with van der Waals surface area (Å²) in [6.07, 6.45) is 6.96. The summed E-state index contributed by atoms with van der Waals surface area (Å²) < 4.78 is 20.2. The number of aliphatic hydroxyl groups excluding tert-OH is 1. The highest BCUT2D eigenvalue weighted by Gasteiger charge is 2.61. The molecule has 0 amide bonds. The summed E-state index contributed by atoms with van der Waals surface area (Å²) in [5.74, 6) is 0.546. The lowest BCUT2D eigenvalue weighted by atomic mass is 9.58. The smallest absolute Gasteiger partial charge is 0.319 e. The Morgan fingerprint density at radius 2 is 1.85 bits per heavy atom. The minimum absolute atomic E-state index is 0.0123. The fraction of sp³-hybridized carbons (Fsp3) is 0.545. The molecule has 5 heterocycles. The van der Waals surface area contributed by atoms with E-state index in [-0.39, 0.29) is 42.5 Å². The second-order valence-corrected chi connectivity index (χ2v) is 16.8. The molecule has 0 spiro atoms. The average Bonchev–Trinajstić information content (AvgIpc) is 3.62. The third-order valence-corrected chi connectivity index (χ3v) is 14.7. The van der Waals surface area contributed by atoms with Crippen LogP contribution in [0.15, 0.2) is 48.0 Å². The predicted molar refractivity (Wildman–Crippen MR) is 208 cm³/mol. The second kappa shape index (κ2) is 13.0. The average molecular weight is 735 g/mol. The number of aliphatic hydroxyl groups is 1. The van der Waals surface area contributed by atoms with Crippen molar-refractivity contribution in [3.05, 3.63) is 76.1 Å². The molecular formula is C44H54N4O6. The van der Waals surface area contributed by atoms with Crippen molar-refractivity contribution in [2.24, 2.45) is 23.2 Å². The van der Waals surface area contributed by atoms with Gasteiger partial charge in [0.1, 0.15) is 16.6 Å². The number of piperidine rings is 1. The van der Waals surface area contributed by atoms with Gasteiger partial charge in [-0.15, -0.1) is 0 Å². The Kier molecular flexibility index (Phi) is 8.56. The number of fused-ring (bicyclic) bond motifs is 9. The quantitative estimate of drug-likeness (QED) is 0.173. The summed E-state index contributed by atoms with van der Waals surface area (Å²) in [7, 11) is 6.79. The van der Waals surface area contributed by atoms with E-state index in [1.807, 2.05) is 6.92 Å². The fourth-order valence-electron chi connectivity index (χ4n) is 12.5. The van der Waals surface area contributed by atoms with Crippen molar-refractivity contribution in [3.8, 4) is 5.75 Å². The zero-order valence-corrected chi connectivity index (χ0v) is 32.5. The lowest BCUT2D eigenvalue weighted by molar-refractivity contribution is -0.169. The van der Waals surface area contributed by atoms with E-state index in [2.05, 4.69) is 76.2 Å². The minimum Gasteiger partial charge on any atom is -0.496 e. The maximum absolute atomic E-state index is 14.3. The summed E-state index contributed by atoms with van der Waals surface area (Å²) in [6.45, 7) is 6.32. The Balaban J connectivity index is 1.32. The molecule has 286 valence electrons. The number of hydrogen-bond acceptors (Lipinski definition) is 8. The van der Waals surface area contributed by atoms with Crippen LogP contribution in [-0.2, 0) is 43.9 Å². The molecule has 4 aromatic rings. The van der Waals surface area contributed by atoms with Crippen LogP contribution in [0.5, 0.6) is 5.75 Å². The van der Waals surface area contributed by atoms with Gasteiger partial charge in [-0.25, -0.2) is 0 Å². The Bertz CT molecular complexity index is 2200. The number of ether oxygens (including phenoxy) is 3. The molecule has 9 rings (SSSR count). The summed E-state index contributed by atoms with van der Waals surface area (Å²) in [6, 6.07) is 12.7. The van der Waals surface area contributed by atoms with Crippen molar-refractivity contribution in [1.29, 1.82) is 0 Å². The number of nitrogens with one attached hydrogen (secondary N) is 2. The van der Waals surface area contributed by atoms with E-state index in [0.717, 1.165) is 94.4 Å². The monoisotopic (exact) mass is 734 g/mol. The molecule has 10 nitrogen and oxygen atoms in total. The molecule has 3 N–H and O–H groups in total. The van der Waals surface area contributed by atoms with Crippen molar-refractivity contribution in [3.63, 3.8) is 0 Å². The van der Waals surface area contributed by atoms with Gasteiger partial charge >= 0.3 is 11.9 Å². The van der Waals surface area contributed by atoms with Crippen LogP contribution in [0.4, 0.5) is 0 Å². The molecule has 1 saturated heterocycles. The summed E-state index contributed by atoms with van der Waals surface area (Å²) in [5.41, 5.74) is 7.00. The van der Waals surface area contributed by atoms with Crippen LogP contribution >= 0.6 is 0 Å². The largest absolute Gasteiger partial charge is 0.496 e. The van der Waals surface area contributed by atoms with Gasteiger partial charge in [0, 0.05) is 76.3 Å². The molecule has 8 atom stereocenters. The molecule has 0 radical (unpaired) electrons. The van der Waals surface area contributed by atoms with E-state index in [1.165, 1.54) is 12.7 Å². The van der Waals surface area contributed by atoms with Gasteiger partial charge in [0.15, 0.2) is 0 Å². The maximum atomic E-state index is 14.3. The number of allylic oxidation sites excluding steroid dienone is 1. The number of rotatable bonds is 6. The van der Waals surface area contributed by atoms with E-state index in [9.17, 15) is 14.7 Å². The number of esters is 2. The summed E-state index contributed by atoms with van der Waals surface area (Å²) in [5, 5.41) is 17.6. The van der Waals surface area contributed by atoms with Crippen LogP contribution in [0.1, 0.15) is 73.5 Å². The van der Waals surface area contributed by atoms with Gasteiger partial charge in [-0.1, -0.05) is 43.2 Å². The molecular weight excluding hydrogens is 681 g/mol. The highest BCUT2D eigenvalue weighted by molar-refractivity contribution is 5.94. The van der Waals surface area contributed by atoms with Crippen LogP contribution in [-0.4, -0.2) is 91.7 Å². The molecule has 5 aliphatic rings. The number of benzene rings is 2. The van der Waals surface area contributed by atoms with E-state index in [4.69, 9.17) is 14.2 Å². The predicted octanol–water partition coefficient (Wildman–Crippen LogP) is 5.61. The number of para-hydroxylation sites is 1. The molecule has 0 unspecified atom stereocenters. The van der Waals surface area contributed by atoms with Gasteiger partial charge < -0.3 is 34.2 Å². The molecule has 2 aromatic carbocycles. The van der Waals surface area contributed by atoms with Gasteiger partial charge in [0.05, 0.1) is 33.5 Å². The first-order valence-corrected chi connectivity index (χ1v) is 19.9. The fourth-order valence-corrected chi connectivity index (χ4v) is 12.5. The van der Waals surface area contributed by atoms with E-state index in [1.54, 1.807) is 14.2 Å². The molecule has 10 heteroatoms. The number of likely N-dealkylation sites (tertiary alicyclic amines) is 1. The van der Waals surface area contributed by atoms with Crippen LogP contribution in [0.25, 0.3) is 21.8 Å². The summed E-state index contributed by atoms with van der Waals surface area (Å²) in [4.78, 5) is 34.6. The SMILES string of the molecule is C/C=C1/CN(C)[C@H]2Cc3c([nH]c4ccccc34)[C@H](c3cc4c5c6n(c4cc3OC)C[C@@H]3C[C@H](CC)[C@@H](NCC5)[C@@]6(C(=O)OC)C3)C[C@@H]1[C@]2(CO)C(=O)OC. The maximum Gasteiger partial charge on any atom is 0.319 e. The molecule has 3 aliphatic heterocycles. The van der Waals surface area contributed by atoms with Gasteiger partial charge in [0.25, 0.3) is 0 Å². The highest BCUT2D eigenvalue weighted by Crippen LogP contribution is 2.57. The van der Waals surface area contributed by atoms with Crippen molar-refractivity contribution < 1.29 is 28.9 Å². The third kappa shape index (κ3) is 4.62. The first-order chi connectivity index (χ1) is 26.2. The Hall–Kier alpha value is -4.12. The zero-order chi connectivity index (χ0) is 37.7. The topological polar surface area (TPSA) is 118 Å². The number of aromatic amines is 1. The number of H-pyrrole nitrogens is 1. The Morgan fingerprint density at radius 1 is 1.06 bits per heavy atom. The molecule has 2 fully saturated rings. The van der Waals surface area contributed by atoms with Crippen molar-refractivity contribution in [2.45, 2.75) is 82.3 Å². The number of carbonyl (C=O) groups excluding carboxylic acids is 2. The standard InChI is InChI=1S/C44H54N4O6/c1-7-25-15-24-20-43(41(50)53-5)39(25)45-14-13-28-29-16-30(36(52-4)19-35(29)48(21-24)40(28)43)31-17-33-26(8-2)22-47(3)37(44(33,23-49)42(51)54-6)18-32-27-11-9-10-12-34(27)46-38(31)32/h8-12,16,19,24-25,31,33,37,39,45-46,49H,7,13-15,17-18,20-23H2,1-6H3/b26-8-/t24-,25+,31+,33+,37+,39-,43+,44+/m1/s1. The van der Waals surface area contributed by atoms with Gasteiger partial charge in [-0.3, -0.25) is 14.5 Å². The molecule has 2 aliphatic carbocycles. The second-order valence-electron chi connectivity index (χ2n) is 16.8. The van der Waals surface area contributed by atoms with Crippen LogP contribution < -0.4 is 10.1 Å². The molecule has 54 heavy (non-hydrogen) atoms. The molecule has 2 aromatic heterocycles. The molecule has 1 saturated carbocycles.